The number of imidazole rings is 1. The van der Waals surface area contributed by atoms with E-state index in [1.54, 1.807) is 13.1 Å². The van der Waals surface area contributed by atoms with Crippen LogP contribution in [0.5, 0.6) is 5.88 Å². The first-order chi connectivity index (χ1) is 23.0. The number of carbonyl (C=O) groups excluding carboxylic acids is 2. The maximum atomic E-state index is 12.2. The molecule has 9 nitrogen and oxygen atoms in total. The molecule has 2 amide bonds. The van der Waals surface area contributed by atoms with Gasteiger partial charge in [-0.05, 0) is 48.1 Å². The Morgan fingerprint density at radius 3 is 2.72 bits per heavy atom. The van der Waals surface area contributed by atoms with Crippen LogP contribution in [-0.2, 0) is 30.8 Å². The Kier molecular flexibility index (Phi) is 8.40. The van der Waals surface area contributed by atoms with E-state index >= 15 is 0 Å². The summed E-state index contributed by atoms with van der Waals surface area (Å²) in [7, 11) is 0. The molecule has 0 atom stereocenters. The lowest BCUT2D eigenvalue weighted by atomic mass is 10.0. The van der Waals surface area contributed by atoms with Gasteiger partial charge in [-0.15, -0.1) is 0 Å². The van der Waals surface area contributed by atoms with Crippen molar-refractivity contribution in [2.45, 2.75) is 59.2 Å². The minimum atomic E-state index is -0.0239. The molecule has 3 aromatic heterocycles. The number of nitrogens with one attached hydrogen (secondary N) is 1. The zero-order valence-corrected chi connectivity index (χ0v) is 26.7. The topological polar surface area (TPSA) is 102 Å². The number of pyridine rings is 2. The molecule has 0 spiro atoms. The normalized spacial score (nSPS) is 13.5. The third kappa shape index (κ3) is 6.07. The van der Waals surface area contributed by atoms with E-state index in [1.165, 1.54) is 0 Å². The van der Waals surface area contributed by atoms with Crippen molar-refractivity contribution in [3.8, 4) is 40.2 Å². The highest BCUT2D eigenvalue weighted by Crippen LogP contribution is 2.34. The molecule has 5 heterocycles. The molecule has 9 heteroatoms. The molecule has 2 aliphatic heterocycles. The molecular weight excluding hydrogens is 588 g/mol. The molecule has 0 fully saturated rings. The summed E-state index contributed by atoms with van der Waals surface area (Å²) in [6, 6.07) is 17.9. The molecular formula is C38H36N6O3. The predicted octanol–water partition coefficient (Wildman–Crippen LogP) is 5.93. The largest absolute Gasteiger partial charge is 0.478 e. The first-order valence-electron chi connectivity index (χ1n) is 16.2. The second kappa shape index (κ2) is 13.1. The van der Waals surface area contributed by atoms with Crippen LogP contribution in [0.4, 0.5) is 0 Å². The van der Waals surface area contributed by atoms with Gasteiger partial charge in [-0.1, -0.05) is 43.0 Å². The lowest BCUT2D eigenvalue weighted by Crippen LogP contribution is -2.37. The number of ether oxygens (including phenoxy) is 1. The number of aromatic nitrogens is 4. The molecule has 1 N–H and O–H groups in total. The van der Waals surface area contributed by atoms with Crippen molar-refractivity contribution in [2.24, 2.45) is 0 Å². The fraction of sp³-hybridized carbons (Fsp3) is 0.289. The number of hydrogen-bond acceptors (Lipinski definition) is 6. The van der Waals surface area contributed by atoms with Crippen molar-refractivity contribution in [3.05, 3.63) is 95.2 Å². The first-order valence-corrected chi connectivity index (χ1v) is 16.2. The Balaban J connectivity index is 0.985. The summed E-state index contributed by atoms with van der Waals surface area (Å²) < 4.78 is 8.17. The molecule has 7 rings (SSSR count). The minimum absolute atomic E-state index is 0.0239. The highest BCUT2D eigenvalue weighted by molar-refractivity contribution is 5.99. The van der Waals surface area contributed by atoms with E-state index in [-0.39, 0.29) is 11.8 Å². The van der Waals surface area contributed by atoms with Gasteiger partial charge in [0.2, 0.25) is 11.8 Å². The zero-order valence-electron chi connectivity index (χ0n) is 26.7. The summed E-state index contributed by atoms with van der Waals surface area (Å²) in [5, 5.41) is 4.95. The van der Waals surface area contributed by atoms with Gasteiger partial charge < -0.3 is 19.5 Å². The van der Waals surface area contributed by atoms with Crippen LogP contribution in [0.2, 0.25) is 0 Å². The van der Waals surface area contributed by atoms with E-state index in [0.717, 1.165) is 93.7 Å². The molecule has 2 aromatic carbocycles. The zero-order chi connectivity index (χ0) is 32.3. The quantitative estimate of drug-likeness (QED) is 0.170. The fourth-order valence-electron chi connectivity index (χ4n) is 6.37. The van der Waals surface area contributed by atoms with Crippen LogP contribution >= 0.6 is 0 Å². The molecule has 0 radical (unpaired) electrons. The van der Waals surface area contributed by atoms with Gasteiger partial charge in [-0.25, -0.2) is 9.97 Å². The second-order valence-electron chi connectivity index (χ2n) is 11.9. The van der Waals surface area contributed by atoms with Gasteiger partial charge in [0.05, 0.1) is 30.2 Å². The summed E-state index contributed by atoms with van der Waals surface area (Å²) in [5.41, 5.74) is 7.43. The van der Waals surface area contributed by atoms with Crippen LogP contribution in [0, 0.1) is 11.8 Å². The summed E-state index contributed by atoms with van der Waals surface area (Å²) in [4.78, 5) is 40.3. The van der Waals surface area contributed by atoms with E-state index in [2.05, 4.69) is 57.9 Å². The van der Waals surface area contributed by atoms with Gasteiger partial charge in [0, 0.05) is 85.5 Å². The van der Waals surface area contributed by atoms with Gasteiger partial charge in [-0.3, -0.25) is 14.6 Å². The van der Waals surface area contributed by atoms with Crippen LogP contribution in [0.1, 0.15) is 66.1 Å². The van der Waals surface area contributed by atoms with E-state index in [0.29, 0.717) is 32.1 Å². The van der Waals surface area contributed by atoms with E-state index in [4.69, 9.17) is 14.7 Å². The van der Waals surface area contributed by atoms with E-state index in [1.807, 2.05) is 41.4 Å². The van der Waals surface area contributed by atoms with Crippen LogP contribution in [-0.4, -0.2) is 49.4 Å². The smallest absolute Gasteiger partial charge is 0.251 e. The van der Waals surface area contributed by atoms with Crippen molar-refractivity contribution in [1.82, 2.24) is 29.7 Å². The lowest BCUT2D eigenvalue weighted by Gasteiger charge is -2.28. The molecule has 0 unspecified atom stereocenters. The maximum Gasteiger partial charge on any atom is 0.251 e. The van der Waals surface area contributed by atoms with Crippen LogP contribution in [0.15, 0.2) is 67.0 Å². The molecule has 236 valence electrons. The summed E-state index contributed by atoms with van der Waals surface area (Å²) in [6.07, 6.45) is 7.09. The molecule has 5 aromatic rings. The Morgan fingerprint density at radius 2 is 1.89 bits per heavy atom. The number of unbranched alkanes of at least 4 members (excludes halogenated alkanes) is 2. The van der Waals surface area contributed by atoms with E-state index in [9.17, 15) is 9.59 Å². The number of fused-ring (bicyclic) bond motifs is 3. The average Bonchev–Trinajstić information content (AvgIpc) is 3.67. The van der Waals surface area contributed by atoms with Gasteiger partial charge >= 0.3 is 0 Å². The third-order valence-electron chi connectivity index (χ3n) is 8.91. The molecule has 0 aliphatic carbocycles. The van der Waals surface area contributed by atoms with Crippen LogP contribution in [0.25, 0.3) is 33.3 Å². The summed E-state index contributed by atoms with van der Waals surface area (Å²) in [6.45, 7) is 6.89. The number of nitrogens with zero attached hydrogens (tertiary/aromatic N) is 5. The van der Waals surface area contributed by atoms with E-state index < -0.39 is 0 Å². The van der Waals surface area contributed by atoms with Crippen molar-refractivity contribution in [1.29, 1.82) is 0 Å². The van der Waals surface area contributed by atoms with Gasteiger partial charge in [0.25, 0.3) is 5.91 Å². The number of rotatable bonds is 8. The van der Waals surface area contributed by atoms with Crippen molar-refractivity contribution < 1.29 is 14.3 Å². The number of benzene rings is 2. The number of hydrogen-bond donors (Lipinski definition) is 1. The Morgan fingerprint density at radius 1 is 1.02 bits per heavy atom. The first kappa shape index (κ1) is 30.2. The molecule has 2 aliphatic rings. The fourth-order valence-corrected chi connectivity index (χ4v) is 6.37. The number of carbonyl (C=O) groups is 2. The second-order valence-corrected chi connectivity index (χ2v) is 11.9. The molecule has 47 heavy (non-hydrogen) atoms. The summed E-state index contributed by atoms with van der Waals surface area (Å²) >= 11 is 0. The molecule has 0 bridgehead atoms. The average molecular weight is 625 g/mol. The monoisotopic (exact) mass is 624 g/mol. The van der Waals surface area contributed by atoms with Gasteiger partial charge in [-0.2, -0.15) is 0 Å². The van der Waals surface area contributed by atoms with Crippen LogP contribution in [0.3, 0.4) is 0 Å². The molecule has 0 saturated carbocycles. The van der Waals surface area contributed by atoms with Gasteiger partial charge in [0.15, 0.2) is 0 Å². The molecule has 0 saturated heterocycles. The lowest BCUT2D eigenvalue weighted by molar-refractivity contribution is -0.130. The van der Waals surface area contributed by atoms with Gasteiger partial charge in [0.1, 0.15) is 5.82 Å². The Hall–Kier alpha value is -5.49. The standard InChI is InChI=1S/C38H36N6O3/c1-3-35-42-37(34-24-43(25(2)45)17-18-44(34)35)29-13-9-12-27-20-33(39-22-32(27)29)28-15-16-36(40-21-28)47-19-7-5-4-6-10-26-11-8-14-30-31(26)23-41-38(30)46/h8-9,11-16,20-22H,3-5,7,17-19,23-24H2,1-2H3,(H,41,46). The Bertz CT molecular complexity index is 2050. The maximum absolute atomic E-state index is 12.2. The van der Waals surface area contributed by atoms with Crippen molar-refractivity contribution in [2.75, 3.05) is 13.2 Å². The SMILES string of the molecule is CCc1nc(-c2cccc3cc(-c4ccc(OCCCCC#Cc5cccc6c5CNC6=O)nc4)ncc23)c2n1CCN(C(C)=O)C2. The van der Waals surface area contributed by atoms with Crippen molar-refractivity contribution in [3.63, 3.8) is 0 Å². The highest BCUT2D eigenvalue weighted by atomic mass is 16.5. The Labute approximate surface area is 274 Å². The number of aryl methyl sites for hydroxylation is 1. The highest BCUT2D eigenvalue weighted by Gasteiger charge is 2.26. The van der Waals surface area contributed by atoms with Crippen molar-refractivity contribution >= 4 is 22.6 Å². The predicted molar refractivity (Wildman–Crippen MR) is 181 cm³/mol. The summed E-state index contributed by atoms with van der Waals surface area (Å²) in [5.74, 6) is 8.14. The number of amides is 2. The van der Waals surface area contributed by atoms with Crippen LogP contribution < -0.4 is 10.1 Å². The minimum Gasteiger partial charge on any atom is -0.478 e. The third-order valence-corrected chi connectivity index (χ3v) is 8.91.